The smallest absolute Gasteiger partial charge is 0.272 e. The maximum Gasteiger partial charge on any atom is 0.275 e. The van der Waals surface area contributed by atoms with Crippen LogP contribution in [-0.2, 0) is 4.79 Å². The molecule has 0 saturated heterocycles. The van der Waals surface area contributed by atoms with Crippen molar-refractivity contribution >= 4 is 11.8 Å². The molecule has 1 aromatic carbocycles. The Labute approximate surface area is 137 Å². The Morgan fingerprint density at radius 1 is 1.26 bits per heavy atom. The summed E-state index contributed by atoms with van der Waals surface area (Å²) in [7, 11) is 0. The number of carbonyl (C=O) groups excluding carboxylic acids is 2. The molecule has 2 amide bonds. The van der Waals surface area contributed by atoms with Crippen molar-refractivity contribution in [1.82, 2.24) is 10.4 Å². The van der Waals surface area contributed by atoms with Gasteiger partial charge in [-0.3, -0.25) is 9.59 Å². The Hall–Kier alpha value is -2.20. The van der Waals surface area contributed by atoms with Crippen LogP contribution in [-0.4, -0.2) is 23.4 Å². The zero-order chi connectivity index (χ0) is 16.7. The second kappa shape index (κ2) is 8.44. The molecule has 1 aromatic rings. The molecule has 0 fully saturated rings. The minimum Gasteiger partial charge on any atom is -0.272 e. The Morgan fingerprint density at radius 2 is 2.00 bits per heavy atom. The summed E-state index contributed by atoms with van der Waals surface area (Å²) in [4.78, 5) is 25.6. The number of rotatable bonds is 6. The fourth-order valence-corrected chi connectivity index (χ4v) is 2.49. The van der Waals surface area contributed by atoms with Crippen LogP contribution in [0.4, 0.5) is 0 Å². The van der Waals surface area contributed by atoms with E-state index in [2.05, 4.69) is 12.3 Å². The van der Waals surface area contributed by atoms with Crippen LogP contribution in [0.5, 0.6) is 0 Å². The molecule has 1 unspecified atom stereocenters. The van der Waals surface area contributed by atoms with E-state index in [9.17, 15) is 9.59 Å². The highest BCUT2D eigenvalue weighted by atomic mass is 16.2. The number of nitrogens with zero attached hydrogens (tertiary/aromatic N) is 1. The molecular weight excluding hydrogens is 288 g/mol. The molecule has 23 heavy (non-hydrogen) atoms. The lowest BCUT2D eigenvalue weighted by atomic mass is 9.93. The first-order chi connectivity index (χ1) is 11.1. The molecule has 1 atom stereocenters. The Balaban J connectivity index is 2.21. The number of carbonyl (C=O) groups is 2. The predicted octanol–water partition coefficient (Wildman–Crippen LogP) is 3.48. The van der Waals surface area contributed by atoms with Crippen molar-refractivity contribution in [2.75, 3.05) is 6.54 Å². The van der Waals surface area contributed by atoms with Gasteiger partial charge in [0.25, 0.3) is 11.8 Å². The molecule has 1 N–H and O–H groups in total. The third-order valence-corrected chi connectivity index (χ3v) is 3.91. The summed E-state index contributed by atoms with van der Waals surface area (Å²) < 4.78 is 0. The van der Waals surface area contributed by atoms with Crippen LogP contribution in [0.25, 0.3) is 0 Å². The van der Waals surface area contributed by atoms with Crippen LogP contribution in [0, 0.1) is 5.92 Å². The van der Waals surface area contributed by atoms with Gasteiger partial charge in [-0.1, -0.05) is 55.3 Å². The van der Waals surface area contributed by atoms with Crippen molar-refractivity contribution in [2.24, 2.45) is 5.92 Å². The molecule has 0 aromatic heterocycles. The average molecular weight is 312 g/mol. The maximum atomic E-state index is 12.9. The van der Waals surface area contributed by atoms with Gasteiger partial charge in [0, 0.05) is 12.1 Å². The monoisotopic (exact) mass is 312 g/mol. The van der Waals surface area contributed by atoms with Crippen LogP contribution in [0.2, 0.25) is 0 Å². The van der Waals surface area contributed by atoms with E-state index in [4.69, 9.17) is 0 Å². The number of hydrogen-bond acceptors (Lipinski definition) is 3. The van der Waals surface area contributed by atoms with E-state index in [1.165, 1.54) is 5.01 Å². The third-order valence-electron chi connectivity index (χ3n) is 3.91. The number of hydrogen-bond donors (Lipinski definition) is 1. The fourth-order valence-electron chi connectivity index (χ4n) is 2.49. The van der Waals surface area contributed by atoms with Gasteiger partial charge in [0.05, 0.1) is 5.92 Å². The Kier molecular flexibility index (Phi) is 6.29. The van der Waals surface area contributed by atoms with Gasteiger partial charge in [0.2, 0.25) is 0 Å². The minimum atomic E-state index is -0.370. The SMILES string of the molecule is CCCCNN(C(=O)c1ccccc1)C(=O)C1C=CCC=C1C. The van der Waals surface area contributed by atoms with Crippen molar-refractivity contribution in [1.29, 1.82) is 0 Å². The minimum absolute atomic E-state index is 0.223. The van der Waals surface area contributed by atoms with Gasteiger partial charge in [-0.05, 0) is 31.9 Å². The summed E-state index contributed by atoms with van der Waals surface area (Å²) in [6.45, 7) is 4.60. The Morgan fingerprint density at radius 3 is 2.65 bits per heavy atom. The lowest BCUT2D eigenvalue weighted by Crippen LogP contribution is -2.50. The summed E-state index contributed by atoms with van der Waals surface area (Å²) in [5.41, 5.74) is 4.50. The zero-order valence-corrected chi connectivity index (χ0v) is 13.8. The van der Waals surface area contributed by atoms with Crippen molar-refractivity contribution < 1.29 is 9.59 Å². The number of nitrogens with one attached hydrogen (secondary N) is 1. The van der Waals surface area contributed by atoms with E-state index in [0.717, 1.165) is 24.8 Å². The Bertz CT molecular complexity index is 605. The molecular formula is C19H24N2O2. The quantitative estimate of drug-likeness (QED) is 0.379. The number of benzene rings is 1. The summed E-state index contributed by atoms with van der Waals surface area (Å²) in [6, 6.07) is 8.90. The molecule has 0 aliphatic heterocycles. The molecule has 2 rings (SSSR count). The average Bonchev–Trinajstić information content (AvgIpc) is 2.59. The van der Waals surface area contributed by atoms with Gasteiger partial charge >= 0.3 is 0 Å². The van der Waals surface area contributed by atoms with Crippen molar-refractivity contribution in [3.8, 4) is 0 Å². The van der Waals surface area contributed by atoms with Crippen molar-refractivity contribution in [2.45, 2.75) is 33.1 Å². The maximum absolute atomic E-state index is 12.9. The normalized spacial score (nSPS) is 16.8. The highest BCUT2D eigenvalue weighted by Gasteiger charge is 2.29. The van der Waals surface area contributed by atoms with Gasteiger partial charge in [-0.25, -0.2) is 10.4 Å². The highest BCUT2D eigenvalue weighted by molar-refractivity contribution is 6.05. The van der Waals surface area contributed by atoms with Gasteiger partial charge in [0.1, 0.15) is 0 Å². The first kappa shape index (κ1) is 17.2. The van der Waals surface area contributed by atoms with Crippen molar-refractivity contribution in [3.05, 3.63) is 59.7 Å². The summed E-state index contributed by atoms with van der Waals surface area (Å²) in [5.74, 6) is -0.899. The number of unbranched alkanes of at least 4 members (excludes halogenated alkanes) is 1. The largest absolute Gasteiger partial charge is 0.275 e. The highest BCUT2D eigenvalue weighted by Crippen LogP contribution is 2.21. The third kappa shape index (κ3) is 4.39. The first-order valence-corrected chi connectivity index (χ1v) is 8.15. The number of amides is 2. The molecule has 1 aliphatic rings. The molecule has 1 aliphatic carbocycles. The molecule has 0 radical (unpaired) electrons. The molecule has 0 heterocycles. The standard InChI is InChI=1S/C19H24N2O2/c1-3-4-14-20-21(18(22)16-11-6-5-7-12-16)19(23)17-13-9-8-10-15(17)2/h5-7,9-13,17,20H,3-4,8,14H2,1-2H3. The van der Waals surface area contributed by atoms with E-state index in [-0.39, 0.29) is 17.7 Å². The fraction of sp³-hybridized carbons (Fsp3) is 0.368. The summed E-state index contributed by atoms with van der Waals surface area (Å²) in [6.07, 6.45) is 8.61. The number of allylic oxidation sites excluding steroid dienone is 2. The van der Waals surface area contributed by atoms with Crippen LogP contribution in [0.1, 0.15) is 43.5 Å². The number of hydrazine groups is 1. The van der Waals surface area contributed by atoms with Gasteiger partial charge in [-0.15, -0.1) is 0 Å². The van der Waals surface area contributed by atoms with E-state index >= 15 is 0 Å². The number of imide groups is 1. The van der Waals surface area contributed by atoms with Gasteiger partial charge in [0.15, 0.2) is 0 Å². The van der Waals surface area contributed by atoms with Crippen LogP contribution >= 0.6 is 0 Å². The topological polar surface area (TPSA) is 49.4 Å². The van der Waals surface area contributed by atoms with E-state index < -0.39 is 0 Å². The van der Waals surface area contributed by atoms with Crippen LogP contribution < -0.4 is 5.43 Å². The van der Waals surface area contributed by atoms with Crippen molar-refractivity contribution in [3.63, 3.8) is 0 Å². The van der Waals surface area contributed by atoms with Crippen LogP contribution in [0.15, 0.2) is 54.1 Å². The van der Waals surface area contributed by atoms with Gasteiger partial charge in [-0.2, -0.15) is 0 Å². The van der Waals surface area contributed by atoms with Crippen LogP contribution in [0.3, 0.4) is 0 Å². The van der Waals surface area contributed by atoms with E-state index in [0.29, 0.717) is 12.1 Å². The second-order valence-corrected chi connectivity index (χ2v) is 5.70. The zero-order valence-electron chi connectivity index (χ0n) is 13.8. The molecule has 0 bridgehead atoms. The second-order valence-electron chi connectivity index (χ2n) is 5.70. The summed E-state index contributed by atoms with van der Waals surface area (Å²) in [5, 5.41) is 1.18. The van der Waals surface area contributed by atoms with Gasteiger partial charge < -0.3 is 0 Å². The predicted molar refractivity (Wildman–Crippen MR) is 91.5 cm³/mol. The first-order valence-electron chi connectivity index (χ1n) is 8.15. The van der Waals surface area contributed by atoms with E-state index in [1.807, 2.05) is 31.2 Å². The lowest BCUT2D eigenvalue weighted by molar-refractivity contribution is -0.133. The molecule has 4 nitrogen and oxygen atoms in total. The lowest BCUT2D eigenvalue weighted by Gasteiger charge is -2.26. The molecule has 0 spiro atoms. The molecule has 122 valence electrons. The molecule has 4 heteroatoms. The summed E-state index contributed by atoms with van der Waals surface area (Å²) >= 11 is 0. The van der Waals surface area contributed by atoms with E-state index in [1.54, 1.807) is 24.3 Å². The molecule has 0 saturated carbocycles.